The van der Waals surface area contributed by atoms with Crippen LogP contribution in [0.25, 0.3) is 5.57 Å². The van der Waals surface area contributed by atoms with Crippen molar-refractivity contribution in [2.75, 3.05) is 38.0 Å². The lowest BCUT2D eigenvalue weighted by Gasteiger charge is -2.35. The highest BCUT2D eigenvalue weighted by Crippen LogP contribution is 2.35. The predicted molar refractivity (Wildman–Crippen MR) is 124 cm³/mol. The van der Waals surface area contributed by atoms with E-state index in [0.717, 1.165) is 29.7 Å². The third-order valence-electron chi connectivity index (χ3n) is 6.36. The monoisotopic (exact) mass is 390 g/mol. The molecule has 0 saturated carbocycles. The molecule has 0 fully saturated rings. The fourth-order valence-corrected chi connectivity index (χ4v) is 7.65. The van der Waals surface area contributed by atoms with Gasteiger partial charge in [-0.05, 0) is 71.1 Å². The van der Waals surface area contributed by atoms with Crippen molar-refractivity contribution in [2.24, 2.45) is 0 Å². The highest BCUT2D eigenvalue weighted by atomic mass is 28.3. The van der Waals surface area contributed by atoms with E-state index in [0.29, 0.717) is 0 Å². The van der Waals surface area contributed by atoms with Crippen molar-refractivity contribution in [3.05, 3.63) is 53.1 Å². The zero-order valence-electron chi connectivity index (χ0n) is 17.9. The summed E-state index contributed by atoms with van der Waals surface area (Å²) in [4.78, 5) is 18.0. The number of allylic oxidation sites excluding steroid dienone is 2. The van der Waals surface area contributed by atoms with Gasteiger partial charge >= 0.3 is 0 Å². The quantitative estimate of drug-likeness (QED) is 0.746. The molecule has 1 aliphatic heterocycles. The maximum atomic E-state index is 13.7. The Balaban J connectivity index is 2.02. The van der Waals surface area contributed by atoms with E-state index in [-0.39, 0.29) is 5.78 Å². The van der Waals surface area contributed by atoms with Crippen molar-refractivity contribution in [3.63, 3.8) is 0 Å². The maximum absolute atomic E-state index is 13.7. The summed E-state index contributed by atoms with van der Waals surface area (Å²) in [6.07, 6.45) is 5.72. The zero-order chi connectivity index (χ0) is 20.2. The molecule has 2 aromatic rings. The molecule has 0 saturated heterocycles. The second-order valence-corrected chi connectivity index (χ2v) is 13.3. The Morgan fingerprint density at radius 1 is 0.857 bits per heavy atom. The van der Waals surface area contributed by atoms with E-state index < -0.39 is 8.07 Å². The first-order chi connectivity index (χ1) is 13.2. The number of hydrogen-bond donors (Lipinski definition) is 0. The van der Waals surface area contributed by atoms with Crippen molar-refractivity contribution in [1.29, 1.82) is 0 Å². The van der Waals surface area contributed by atoms with Gasteiger partial charge in [0.25, 0.3) is 0 Å². The number of nitrogens with zero attached hydrogens (tertiary/aromatic N) is 2. The fourth-order valence-electron chi connectivity index (χ4n) is 4.60. The van der Waals surface area contributed by atoms with Crippen LogP contribution in [0.4, 0.5) is 11.4 Å². The third kappa shape index (κ3) is 2.82. The van der Waals surface area contributed by atoms with Gasteiger partial charge in [0.2, 0.25) is 0 Å². The van der Waals surface area contributed by atoms with Gasteiger partial charge in [-0.25, -0.2) is 0 Å². The first-order valence-electron chi connectivity index (χ1n) is 10.1. The minimum absolute atomic E-state index is 0.204. The van der Waals surface area contributed by atoms with Crippen LogP contribution in [0.5, 0.6) is 0 Å². The molecule has 4 heteroatoms. The van der Waals surface area contributed by atoms with Crippen LogP contribution >= 0.6 is 0 Å². The van der Waals surface area contributed by atoms with Gasteiger partial charge in [-0.15, -0.1) is 0 Å². The van der Waals surface area contributed by atoms with Gasteiger partial charge in [0.15, 0.2) is 5.78 Å². The number of benzene rings is 2. The Morgan fingerprint density at radius 2 is 1.54 bits per heavy atom. The molecular formula is C24H30N2OSi. The number of carbonyl (C=O) groups is 1. The summed E-state index contributed by atoms with van der Waals surface area (Å²) in [5.74, 6) is 0.204. The van der Waals surface area contributed by atoms with Gasteiger partial charge in [-0.3, -0.25) is 4.79 Å². The van der Waals surface area contributed by atoms with Crippen LogP contribution in [-0.2, 0) is 0 Å². The molecule has 0 radical (unpaired) electrons. The van der Waals surface area contributed by atoms with E-state index in [4.69, 9.17) is 0 Å². The van der Waals surface area contributed by atoms with E-state index in [1.54, 1.807) is 0 Å². The molecule has 0 bridgehead atoms. The van der Waals surface area contributed by atoms with E-state index in [2.05, 4.69) is 87.5 Å². The van der Waals surface area contributed by atoms with Gasteiger partial charge in [-0.2, -0.15) is 0 Å². The highest BCUT2D eigenvalue weighted by Gasteiger charge is 2.41. The number of fused-ring (bicyclic) bond motifs is 2. The van der Waals surface area contributed by atoms with E-state index >= 15 is 0 Å². The lowest BCUT2D eigenvalue weighted by Crippen LogP contribution is -2.60. The minimum Gasteiger partial charge on any atom is -0.378 e. The molecular weight excluding hydrogens is 360 g/mol. The molecule has 0 aromatic heterocycles. The number of anilines is 2. The van der Waals surface area contributed by atoms with Crippen LogP contribution in [0.2, 0.25) is 13.1 Å². The molecule has 0 amide bonds. The van der Waals surface area contributed by atoms with Crippen molar-refractivity contribution < 1.29 is 4.79 Å². The van der Waals surface area contributed by atoms with Crippen molar-refractivity contribution in [1.82, 2.24) is 0 Å². The molecule has 3 nitrogen and oxygen atoms in total. The largest absolute Gasteiger partial charge is 0.378 e. The maximum Gasteiger partial charge on any atom is 0.193 e. The molecule has 146 valence electrons. The Labute approximate surface area is 169 Å². The first kappa shape index (κ1) is 19.0. The fraction of sp³-hybridized carbons (Fsp3) is 0.375. The van der Waals surface area contributed by atoms with E-state index in [1.807, 2.05) is 0 Å². The number of hydrogen-bond acceptors (Lipinski definition) is 3. The Hall–Kier alpha value is -2.33. The summed E-state index contributed by atoms with van der Waals surface area (Å²) in [6.45, 7) is 4.78. The SMILES string of the molecule is CN(C)c1ccc2c(c1)[Si](C)(C)c1cc(N(C)C)cc(C3=CCCC3)c1C2=O. The normalized spacial score (nSPS) is 17.1. The molecule has 0 unspecified atom stereocenters. The number of ketones is 1. The minimum atomic E-state index is -2.01. The van der Waals surface area contributed by atoms with Crippen LogP contribution in [0.15, 0.2) is 36.4 Å². The highest BCUT2D eigenvalue weighted by molar-refractivity contribution is 7.02. The summed E-state index contributed by atoms with van der Waals surface area (Å²) in [5.41, 5.74) is 6.77. The van der Waals surface area contributed by atoms with Gasteiger partial charge in [-0.1, -0.05) is 19.2 Å². The lowest BCUT2D eigenvalue weighted by molar-refractivity contribution is 0.104. The summed E-state index contributed by atoms with van der Waals surface area (Å²) in [6, 6.07) is 10.9. The molecule has 2 aromatic carbocycles. The molecule has 1 heterocycles. The second-order valence-electron chi connectivity index (χ2n) is 9.01. The topological polar surface area (TPSA) is 23.6 Å². The zero-order valence-corrected chi connectivity index (χ0v) is 18.9. The van der Waals surface area contributed by atoms with Crippen LogP contribution in [0, 0.1) is 0 Å². The average molecular weight is 391 g/mol. The van der Waals surface area contributed by atoms with Crippen LogP contribution < -0.4 is 20.2 Å². The van der Waals surface area contributed by atoms with Gasteiger partial charge in [0.05, 0.1) is 0 Å². The van der Waals surface area contributed by atoms with Crippen molar-refractivity contribution in [3.8, 4) is 0 Å². The van der Waals surface area contributed by atoms with E-state index in [9.17, 15) is 4.79 Å². The van der Waals surface area contributed by atoms with Crippen molar-refractivity contribution >= 4 is 41.2 Å². The average Bonchev–Trinajstić information content (AvgIpc) is 3.19. The van der Waals surface area contributed by atoms with Crippen LogP contribution in [0.3, 0.4) is 0 Å². The Kier molecular flexibility index (Phi) is 4.50. The number of carbonyl (C=O) groups excluding carboxylic acids is 1. The molecule has 0 N–H and O–H groups in total. The van der Waals surface area contributed by atoms with Crippen LogP contribution in [-0.4, -0.2) is 42.0 Å². The predicted octanol–water partition coefficient (Wildman–Crippen LogP) is 3.75. The van der Waals surface area contributed by atoms with Crippen molar-refractivity contribution in [2.45, 2.75) is 32.4 Å². The number of rotatable bonds is 3. The molecule has 1 aliphatic carbocycles. The van der Waals surface area contributed by atoms with Crippen LogP contribution in [0.1, 0.15) is 40.7 Å². The Morgan fingerprint density at radius 3 is 2.14 bits per heavy atom. The lowest BCUT2D eigenvalue weighted by atomic mass is 9.92. The molecule has 2 aliphatic rings. The summed E-state index contributed by atoms with van der Waals surface area (Å²) in [5, 5.41) is 2.55. The summed E-state index contributed by atoms with van der Waals surface area (Å²) < 4.78 is 0. The van der Waals surface area contributed by atoms with Gasteiger partial charge < -0.3 is 9.80 Å². The molecule has 0 spiro atoms. The second kappa shape index (κ2) is 6.63. The Bertz CT molecular complexity index is 1000. The van der Waals surface area contributed by atoms with Gasteiger partial charge in [0, 0.05) is 50.7 Å². The first-order valence-corrected chi connectivity index (χ1v) is 13.1. The smallest absolute Gasteiger partial charge is 0.193 e. The standard InChI is InChI=1S/C24H30N2OSi/c1-25(2)17-11-12-19-21(14-17)28(5,6)22-15-18(26(3)4)13-20(23(22)24(19)27)16-9-7-8-10-16/h9,11-15H,7-8,10H2,1-6H3. The third-order valence-corrected chi connectivity index (χ3v) is 9.87. The molecule has 28 heavy (non-hydrogen) atoms. The molecule has 4 rings (SSSR count). The van der Waals surface area contributed by atoms with Gasteiger partial charge in [0.1, 0.15) is 8.07 Å². The molecule has 0 atom stereocenters. The van der Waals surface area contributed by atoms with E-state index in [1.165, 1.54) is 33.6 Å². The summed E-state index contributed by atoms with van der Waals surface area (Å²) >= 11 is 0. The summed E-state index contributed by atoms with van der Waals surface area (Å²) in [7, 11) is 6.28.